The lowest BCUT2D eigenvalue weighted by Crippen LogP contribution is -2.14. The van der Waals surface area contributed by atoms with Crippen molar-refractivity contribution in [2.75, 3.05) is 5.32 Å². The van der Waals surface area contributed by atoms with Crippen molar-refractivity contribution < 1.29 is 18.7 Å². The molecule has 1 unspecified atom stereocenters. The Labute approximate surface area is 212 Å². The van der Waals surface area contributed by atoms with Crippen molar-refractivity contribution in [1.29, 1.82) is 0 Å². The maximum atomic E-state index is 14.3. The fraction of sp³-hybridized carbons (Fsp3) is 0.250. The van der Waals surface area contributed by atoms with E-state index in [4.69, 9.17) is 16.0 Å². The van der Waals surface area contributed by atoms with Crippen LogP contribution in [0.25, 0.3) is 22.2 Å². The summed E-state index contributed by atoms with van der Waals surface area (Å²) in [5.74, 6) is -1.00. The molecule has 4 rings (SSSR count). The Balaban J connectivity index is 1.86. The van der Waals surface area contributed by atoms with Gasteiger partial charge in [-0.25, -0.2) is 9.37 Å². The average Bonchev–Trinajstić information content (AvgIpc) is 2.83. The molecule has 0 saturated heterocycles. The SMILES string of the molecule is Cc1cc(C(C)Nc2ccc(Cl)nc2-c2cc(F)c(O)c(C=O)c2)c2oc(C(C)C)c(C)c(=O)c2c1. The van der Waals surface area contributed by atoms with E-state index < -0.39 is 11.6 Å². The lowest BCUT2D eigenvalue weighted by molar-refractivity contribution is 0.112. The van der Waals surface area contributed by atoms with Crippen molar-refractivity contribution in [1.82, 2.24) is 4.98 Å². The van der Waals surface area contributed by atoms with E-state index in [1.165, 1.54) is 6.07 Å². The number of anilines is 1. The van der Waals surface area contributed by atoms with Crippen LogP contribution in [0.1, 0.15) is 65.5 Å². The zero-order valence-electron chi connectivity index (χ0n) is 20.6. The van der Waals surface area contributed by atoms with E-state index in [1.54, 1.807) is 19.1 Å². The Morgan fingerprint density at radius 2 is 1.86 bits per heavy atom. The number of phenolic OH excluding ortho intramolecular Hbond substituents is 1. The number of nitrogens with one attached hydrogen (secondary N) is 1. The van der Waals surface area contributed by atoms with Gasteiger partial charge >= 0.3 is 0 Å². The topological polar surface area (TPSA) is 92.4 Å². The van der Waals surface area contributed by atoms with Gasteiger partial charge in [0.15, 0.2) is 23.3 Å². The molecule has 2 aromatic heterocycles. The monoisotopic (exact) mass is 508 g/mol. The molecule has 36 heavy (non-hydrogen) atoms. The summed E-state index contributed by atoms with van der Waals surface area (Å²) in [4.78, 5) is 28.8. The number of hydrogen-bond donors (Lipinski definition) is 2. The van der Waals surface area contributed by atoms with Crippen LogP contribution in [0.5, 0.6) is 5.75 Å². The van der Waals surface area contributed by atoms with Crippen LogP contribution in [-0.2, 0) is 0 Å². The van der Waals surface area contributed by atoms with E-state index in [2.05, 4.69) is 10.3 Å². The largest absolute Gasteiger partial charge is 0.504 e. The van der Waals surface area contributed by atoms with Crippen LogP contribution in [-0.4, -0.2) is 16.4 Å². The Hall–Kier alpha value is -3.71. The normalized spacial score (nSPS) is 12.2. The number of carbonyl (C=O) groups is 1. The number of rotatable bonds is 6. The first-order chi connectivity index (χ1) is 17.0. The number of pyridine rings is 1. The number of halogens is 2. The van der Waals surface area contributed by atoms with Gasteiger partial charge < -0.3 is 14.8 Å². The molecule has 186 valence electrons. The van der Waals surface area contributed by atoms with Crippen molar-refractivity contribution in [3.63, 3.8) is 0 Å². The summed E-state index contributed by atoms with van der Waals surface area (Å²) in [6.07, 6.45) is 0.372. The second kappa shape index (κ2) is 9.74. The maximum absolute atomic E-state index is 14.3. The first-order valence-electron chi connectivity index (χ1n) is 11.5. The summed E-state index contributed by atoms with van der Waals surface area (Å²) >= 11 is 6.14. The minimum atomic E-state index is -0.946. The Morgan fingerprint density at radius 1 is 1.14 bits per heavy atom. The van der Waals surface area contributed by atoms with Crippen molar-refractivity contribution in [2.45, 2.75) is 46.6 Å². The second-order valence-electron chi connectivity index (χ2n) is 9.22. The first-order valence-corrected chi connectivity index (χ1v) is 11.9. The maximum Gasteiger partial charge on any atom is 0.195 e. The van der Waals surface area contributed by atoms with E-state index in [0.29, 0.717) is 40.0 Å². The van der Waals surface area contributed by atoms with Gasteiger partial charge in [-0.1, -0.05) is 31.5 Å². The minimum Gasteiger partial charge on any atom is -0.504 e. The molecule has 0 aliphatic heterocycles. The average molecular weight is 509 g/mol. The quantitative estimate of drug-likeness (QED) is 0.213. The molecule has 0 aliphatic carbocycles. The molecule has 0 saturated carbocycles. The zero-order valence-corrected chi connectivity index (χ0v) is 21.3. The molecule has 6 nitrogen and oxygen atoms in total. The van der Waals surface area contributed by atoms with E-state index in [9.17, 15) is 19.1 Å². The van der Waals surface area contributed by atoms with E-state index >= 15 is 0 Å². The number of hydrogen-bond acceptors (Lipinski definition) is 6. The number of fused-ring (bicyclic) bond motifs is 1. The Kier molecular flexibility index (Phi) is 6.87. The highest BCUT2D eigenvalue weighted by molar-refractivity contribution is 6.29. The van der Waals surface area contributed by atoms with E-state index in [-0.39, 0.29) is 33.7 Å². The van der Waals surface area contributed by atoms with Crippen molar-refractivity contribution in [3.05, 3.63) is 85.6 Å². The van der Waals surface area contributed by atoms with E-state index in [1.807, 2.05) is 39.8 Å². The number of aryl methyl sites for hydroxylation is 1. The highest BCUT2D eigenvalue weighted by atomic mass is 35.5. The van der Waals surface area contributed by atoms with Crippen LogP contribution in [0.4, 0.5) is 10.1 Å². The Morgan fingerprint density at radius 3 is 2.53 bits per heavy atom. The third-order valence-corrected chi connectivity index (χ3v) is 6.36. The van der Waals surface area contributed by atoms with Gasteiger partial charge in [0.1, 0.15) is 16.5 Å². The summed E-state index contributed by atoms with van der Waals surface area (Å²) in [6, 6.07) is 9.15. The molecule has 8 heteroatoms. The van der Waals surface area contributed by atoms with Gasteiger partial charge in [-0.3, -0.25) is 9.59 Å². The lowest BCUT2D eigenvalue weighted by Gasteiger charge is -2.21. The third kappa shape index (κ3) is 4.58. The van der Waals surface area contributed by atoms with Crippen LogP contribution >= 0.6 is 11.6 Å². The lowest BCUT2D eigenvalue weighted by atomic mass is 9.98. The van der Waals surface area contributed by atoms with Crippen LogP contribution in [0.15, 0.2) is 45.6 Å². The Bertz CT molecular complexity index is 1560. The number of phenols is 1. The molecule has 0 spiro atoms. The molecular formula is C28H26ClFN2O4. The van der Waals surface area contributed by atoms with Crippen molar-refractivity contribution >= 4 is 34.5 Å². The van der Waals surface area contributed by atoms with Gasteiger partial charge in [0.25, 0.3) is 0 Å². The smallest absolute Gasteiger partial charge is 0.195 e. The van der Waals surface area contributed by atoms with Crippen molar-refractivity contribution in [3.8, 4) is 17.0 Å². The molecule has 0 aliphatic rings. The molecule has 2 heterocycles. The van der Waals surface area contributed by atoms with Gasteiger partial charge in [0, 0.05) is 22.6 Å². The molecule has 0 amide bonds. The molecule has 0 bridgehead atoms. The summed E-state index contributed by atoms with van der Waals surface area (Å²) in [5, 5.41) is 13.9. The molecule has 2 aromatic carbocycles. The number of aromatic nitrogens is 1. The van der Waals surface area contributed by atoms with Gasteiger partial charge in [-0.2, -0.15) is 0 Å². The summed E-state index contributed by atoms with van der Waals surface area (Å²) < 4.78 is 20.6. The fourth-order valence-electron chi connectivity index (χ4n) is 4.39. The van der Waals surface area contributed by atoms with Gasteiger partial charge in [-0.15, -0.1) is 0 Å². The summed E-state index contributed by atoms with van der Waals surface area (Å²) in [5.41, 5.74) is 3.59. The molecule has 4 aromatic rings. The predicted molar refractivity (Wildman–Crippen MR) is 140 cm³/mol. The van der Waals surface area contributed by atoms with Gasteiger partial charge in [0.2, 0.25) is 0 Å². The zero-order chi connectivity index (χ0) is 26.3. The number of benzene rings is 2. The number of aldehydes is 1. The molecular weight excluding hydrogens is 483 g/mol. The molecule has 2 N–H and O–H groups in total. The van der Waals surface area contributed by atoms with Crippen LogP contribution < -0.4 is 10.7 Å². The summed E-state index contributed by atoms with van der Waals surface area (Å²) in [7, 11) is 0. The van der Waals surface area contributed by atoms with E-state index in [0.717, 1.165) is 17.2 Å². The van der Waals surface area contributed by atoms with Crippen LogP contribution in [0, 0.1) is 19.7 Å². The highest BCUT2D eigenvalue weighted by Crippen LogP contribution is 2.36. The van der Waals surface area contributed by atoms with Gasteiger partial charge in [-0.05, 0) is 56.7 Å². The predicted octanol–water partition coefficient (Wildman–Crippen LogP) is 7.08. The van der Waals surface area contributed by atoms with Crippen molar-refractivity contribution in [2.24, 2.45) is 0 Å². The number of nitrogens with zero attached hydrogens (tertiary/aromatic N) is 1. The van der Waals surface area contributed by atoms with Gasteiger partial charge in [0.05, 0.1) is 28.4 Å². The highest BCUT2D eigenvalue weighted by Gasteiger charge is 2.21. The fourth-order valence-corrected chi connectivity index (χ4v) is 4.53. The minimum absolute atomic E-state index is 0.0306. The molecule has 0 radical (unpaired) electrons. The molecule has 0 fully saturated rings. The summed E-state index contributed by atoms with van der Waals surface area (Å²) in [6.45, 7) is 9.55. The molecule has 1 atom stereocenters. The van der Waals surface area contributed by atoms with Crippen LogP contribution in [0.3, 0.4) is 0 Å². The third-order valence-electron chi connectivity index (χ3n) is 6.15. The van der Waals surface area contributed by atoms with Crippen LogP contribution in [0.2, 0.25) is 5.15 Å². The standard InChI is InChI=1S/C28H26ClFN2O4/c1-13(2)27-15(4)25(34)20-9-14(3)8-19(28(20)36-27)16(5)31-22-6-7-23(29)32-24(22)17-10-18(12-33)26(35)21(30)11-17/h6-13,16,31,35H,1-5H3. The second-order valence-corrected chi connectivity index (χ2v) is 9.60. The number of aromatic hydroxyl groups is 1. The number of carbonyl (C=O) groups excluding carboxylic acids is 1. The first kappa shape index (κ1) is 25.4.